The van der Waals surface area contributed by atoms with Crippen molar-refractivity contribution in [3.05, 3.63) is 35.9 Å². The number of hydrogen-bond acceptors (Lipinski definition) is 3. The minimum Gasteiger partial charge on any atom is -0.460 e. The monoisotopic (exact) mass is 262 g/mol. The maximum Gasteiger partial charge on any atom is 0.306 e. The molecular weight excluding hydrogens is 240 g/mol. The molecule has 2 atom stereocenters. The Morgan fingerprint density at radius 1 is 1.37 bits per heavy atom. The van der Waals surface area contributed by atoms with Crippen LogP contribution in [0.1, 0.15) is 32.8 Å². The number of hydrogen-bond donors (Lipinski definition) is 0. The molecule has 0 aliphatic carbocycles. The minimum atomic E-state index is -0.418. The van der Waals surface area contributed by atoms with E-state index in [0.717, 1.165) is 13.0 Å². The highest BCUT2D eigenvalue weighted by atomic mass is 16.6. The molecule has 1 saturated heterocycles. The summed E-state index contributed by atoms with van der Waals surface area (Å²) in [5, 5.41) is 0. The van der Waals surface area contributed by atoms with Gasteiger partial charge in [0.25, 0.3) is 0 Å². The molecule has 0 radical (unpaired) electrons. The molecule has 3 nitrogen and oxygen atoms in total. The lowest BCUT2D eigenvalue weighted by atomic mass is 9.93. The molecule has 0 saturated carbocycles. The van der Waals surface area contributed by atoms with Crippen LogP contribution in [-0.2, 0) is 20.7 Å². The highest BCUT2D eigenvalue weighted by Gasteiger charge is 2.35. The molecular formula is C16H22O3. The topological polar surface area (TPSA) is 38.8 Å². The van der Waals surface area contributed by atoms with Gasteiger partial charge in [-0.1, -0.05) is 30.3 Å². The quantitative estimate of drug-likeness (QED) is 0.605. The minimum absolute atomic E-state index is 0.135. The second-order valence-electron chi connectivity index (χ2n) is 6.11. The molecule has 19 heavy (non-hydrogen) atoms. The maximum atomic E-state index is 11.9. The van der Waals surface area contributed by atoms with Crippen LogP contribution in [0.15, 0.2) is 30.3 Å². The van der Waals surface area contributed by atoms with Crippen LogP contribution in [0.2, 0.25) is 0 Å². The molecule has 0 amide bonds. The predicted molar refractivity (Wildman–Crippen MR) is 73.8 cm³/mol. The van der Waals surface area contributed by atoms with Gasteiger partial charge in [-0.3, -0.25) is 4.79 Å². The van der Waals surface area contributed by atoms with Crippen LogP contribution in [0.25, 0.3) is 0 Å². The number of carbonyl (C=O) groups is 1. The van der Waals surface area contributed by atoms with Crippen molar-refractivity contribution in [2.75, 3.05) is 6.61 Å². The Morgan fingerprint density at radius 3 is 2.53 bits per heavy atom. The SMILES string of the molecule is CC(C)(C)OC(=O)C[C@@H](Cc1ccccc1)[C@H]1CO1. The second kappa shape index (κ2) is 5.74. The molecule has 1 heterocycles. The first kappa shape index (κ1) is 14.1. The van der Waals surface area contributed by atoms with E-state index in [9.17, 15) is 4.79 Å². The summed E-state index contributed by atoms with van der Waals surface area (Å²) in [4.78, 5) is 11.9. The Hall–Kier alpha value is -1.35. The molecule has 1 aliphatic rings. The number of benzene rings is 1. The van der Waals surface area contributed by atoms with Gasteiger partial charge in [-0.15, -0.1) is 0 Å². The van der Waals surface area contributed by atoms with Crippen LogP contribution < -0.4 is 0 Å². The molecule has 1 fully saturated rings. The van der Waals surface area contributed by atoms with Crippen LogP contribution >= 0.6 is 0 Å². The van der Waals surface area contributed by atoms with E-state index in [2.05, 4.69) is 12.1 Å². The Labute approximate surface area is 114 Å². The summed E-state index contributed by atoms with van der Waals surface area (Å²) < 4.78 is 10.8. The number of carbonyl (C=O) groups excluding carboxylic acids is 1. The van der Waals surface area contributed by atoms with Crippen molar-refractivity contribution < 1.29 is 14.3 Å². The van der Waals surface area contributed by atoms with Crippen molar-refractivity contribution in [2.45, 2.75) is 45.3 Å². The zero-order chi connectivity index (χ0) is 13.9. The van der Waals surface area contributed by atoms with Gasteiger partial charge in [-0.05, 0) is 32.8 Å². The fourth-order valence-electron chi connectivity index (χ4n) is 2.18. The van der Waals surface area contributed by atoms with Crippen LogP contribution in [-0.4, -0.2) is 24.3 Å². The first-order valence-electron chi connectivity index (χ1n) is 6.81. The lowest BCUT2D eigenvalue weighted by molar-refractivity contribution is -0.156. The van der Waals surface area contributed by atoms with E-state index in [1.807, 2.05) is 39.0 Å². The molecule has 1 aromatic rings. The van der Waals surface area contributed by atoms with E-state index in [-0.39, 0.29) is 18.0 Å². The van der Waals surface area contributed by atoms with E-state index < -0.39 is 5.60 Å². The normalized spacial score (nSPS) is 19.8. The Morgan fingerprint density at radius 2 is 2.00 bits per heavy atom. The first-order chi connectivity index (χ1) is 8.94. The molecule has 0 spiro atoms. The number of epoxide rings is 1. The highest BCUT2D eigenvalue weighted by Crippen LogP contribution is 2.27. The smallest absolute Gasteiger partial charge is 0.306 e. The van der Waals surface area contributed by atoms with Crippen molar-refractivity contribution in [3.8, 4) is 0 Å². The molecule has 0 bridgehead atoms. The Balaban J connectivity index is 1.92. The van der Waals surface area contributed by atoms with Gasteiger partial charge in [0.05, 0.1) is 19.1 Å². The third kappa shape index (κ3) is 5.03. The fraction of sp³-hybridized carbons (Fsp3) is 0.562. The van der Waals surface area contributed by atoms with Crippen LogP contribution in [0.3, 0.4) is 0 Å². The van der Waals surface area contributed by atoms with Gasteiger partial charge < -0.3 is 9.47 Å². The highest BCUT2D eigenvalue weighted by molar-refractivity contribution is 5.70. The van der Waals surface area contributed by atoms with E-state index in [1.165, 1.54) is 5.56 Å². The second-order valence-corrected chi connectivity index (χ2v) is 6.11. The first-order valence-corrected chi connectivity index (χ1v) is 6.81. The molecule has 0 N–H and O–H groups in total. The molecule has 2 rings (SSSR count). The van der Waals surface area contributed by atoms with Gasteiger partial charge in [-0.25, -0.2) is 0 Å². The van der Waals surface area contributed by atoms with Gasteiger partial charge >= 0.3 is 5.97 Å². The third-order valence-corrected chi connectivity index (χ3v) is 3.07. The number of esters is 1. The zero-order valence-corrected chi connectivity index (χ0v) is 11.9. The molecule has 1 aliphatic heterocycles. The van der Waals surface area contributed by atoms with Gasteiger partial charge in [0.1, 0.15) is 5.60 Å². The third-order valence-electron chi connectivity index (χ3n) is 3.07. The average molecular weight is 262 g/mol. The summed E-state index contributed by atoms with van der Waals surface area (Å²) in [7, 11) is 0. The summed E-state index contributed by atoms with van der Waals surface area (Å²) in [6, 6.07) is 10.2. The van der Waals surface area contributed by atoms with Gasteiger partial charge in [0, 0.05) is 5.92 Å². The lowest BCUT2D eigenvalue weighted by Crippen LogP contribution is -2.27. The summed E-state index contributed by atoms with van der Waals surface area (Å²) in [5.74, 6) is 0.0844. The van der Waals surface area contributed by atoms with Crippen molar-refractivity contribution >= 4 is 5.97 Å². The van der Waals surface area contributed by atoms with Crippen molar-refractivity contribution in [1.29, 1.82) is 0 Å². The Kier molecular flexibility index (Phi) is 4.25. The zero-order valence-electron chi connectivity index (χ0n) is 11.9. The standard InChI is InChI=1S/C16H22O3/c1-16(2,3)19-15(17)10-13(14-11-18-14)9-12-7-5-4-6-8-12/h4-8,13-14H,9-11H2,1-3H3/t13-,14-/m1/s1. The lowest BCUT2D eigenvalue weighted by Gasteiger charge is -2.21. The summed E-state index contributed by atoms with van der Waals surface area (Å²) >= 11 is 0. The summed E-state index contributed by atoms with van der Waals surface area (Å²) in [6.07, 6.45) is 1.51. The molecule has 3 heteroatoms. The van der Waals surface area contributed by atoms with E-state index in [1.54, 1.807) is 0 Å². The Bertz CT molecular complexity index is 415. The predicted octanol–water partition coefficient (Wildman–Crippen LogP) is 2.98. The molecule has 1 aromatic carbocycles. The summed E-state index contributed by atoms with van der Waals surface area (Å²) in [5.41, 5.74) is 0.824. The number of ether oxygens (including phenoxy) is 2. The van der Waals surface area contributed by atoms with E-state index >= 15 is 0 Å². The molecule has 0 aromatic heterocycles. The maximum absolute atomic E-state index is 11.9. The van der Waals surface area contributed by atoms with E-state index in [0.29, 0.717) is 6.42 Å². The van der Waals surface area contributed by atoms with Gasteiger partial charge in [0.2, 0.25) is 0 Å². The van der Waals surface area contributed by atoms with Crippen molar-refractivity contribution in [3.63, 3.8) is 0 Å². The van der Waals surface area contributed by atoms with Crippen molar-refractivity contribution in [1.82, 2.24) is 0 Å². The van der Waals surface area contributed by atoms with E-state index in [4.69, 9.17) is 9.47 Å². The van der Waals surface area contributed by atoms with Gasteiger partial charge in [0.15, 0.2) is 0 Å². The number of rotatable bonds is 5. The molecule has 0 unspecified atom stereocenters. The fourth-order valence-corrected chi connectivity index (χ4v) is 2.18. The van der Waals surface area contributed by atoms with Crippen LogP contribution in [0.5, 0.6) is 0 Å². The largest absolute Gasteiger partial charge is 0.460 e. The average Bonchev–Trinajstić information content (AvgIpc) is 3.10. The molecule has 104 valence electrons. The van der Waals surface area contributed by atoms with Gasteiger partial charge in [-0.2, -0.15) is 0 Å². The van der Waals surface area contributed by atoms with Crippen molar-refractivity contribution in [2.24, 2.45) is 5.92 Å². The van der Waals surface area contributed by atoms with Crippen LogP contribution in [0.4, 0.5) is 0 Å². The summed E-state index contributed by atoms with van der Waals surface area (Å²) in [6.45, 7) is 6.44. The van der Waals surface area contributed by atoms with Crippen LogP contribution in [0, 0.1) is 5.92 Å².